The fourth-order valence-electron chi connectivity index (χ4n) is 1.36. The number of benzene rings is 1. The maximum absolute atomic E-state index is 5.67. The van der Waals surface area contributed by atoms with Crippen molar-refractivity contribution < 1.29 is 0 Å². The number of hydrogen-bond acceptors (Lipinski definition) is 3. The lowest BCUT2D eigenvalue weighted by Gasteiger charge is -1.98. The summed E-state index contributed by atoms with van der Waals surface area (Å²) in [5.74, 6) is 0. The van der Waals surface area contributed by atoms with Crippen LogP contribution in [0.5, 0.6) is 0 Å². The zero-order valence-corrected chi connectivity index (χ0v) is 8.55. The summed E-state index contributed by atoms with van der Waals surface area (Å²) in [6, 6.07) is 10.1. The van der Waals surface area contributed by atoms with Crippen molar-refractivity contribution in [3.63, 3.8) is 0 Å². The van der Waals surface area contributed by atoms with Gasteiger partial charge in [0.05, 0.1) is 5.69 Å². The summed E-state index contributed by atoms with van der Waals surface area (Å²) >= 11 is 1.51. The Morgan fingerprint density at radius 3 is 2.64 bits per heavy atom. The van der Waals surface area contributed by atoms with E-state index in [1.807, 2.05) is 30.3 Å². The molecule has 2 N–H and O–H groups in total. The van der Waals surface area contributed by atoms with Crippen LogP contribution in [0.15, 0.2) is 30.3 Å². The van der Waals surface area contributed by atoms with Gasteiger partial charge < -0.3 is 5.73 Å². The van der Waals surface area contributed by atoms with Crippen LogP contribution >= 0.6 is 11.3 Å². The summed E-state index contributed by atoms with van der Waals surface area (Å²) in [6.07, 6.45) is 0.735. The monoisotopic (exact) mass is 203 g/mol. The Morgan fingerprint density at radius 1 is 1.29 bits per heavy atom. The van der Waals surface area contributed by atoms with E-state index in [2.05, 4.69) is 11.9 Å². The summed E-state index contributed by atoms with van der Waals surface area (Å²) in [4.78, 5) is 5.45. The van der Waals surface area contributed by atoms with Gasteiger partial charge in [-0.25, -0.2) is 4.98 Å². The Hall–Kier alpha value is -1.35. The van der Waals surface area contributed by atoms with Gasteiger partial charge in [0.1, 0.15) is 0 Å². The van der Waals surface area contributed by atoms with Crippen molar-refractivity contribution in [2.45, 2.75) is 6.42 Å². The third-order valence-corrected chi connectivity index (χ3v) is 2.93. The Bertz CT molecular complexity index is 420. The quantitative estimate of drug-likeness (QED) is 0.815. The topological polar surface area (TPSA) is 38.9 Å². The molecule has 2 rings (SSSR count). The number of anilines is 1. The van der Waals surface area contributed by atoms with Crippen LogP contribution in [-0.4, -0.2) is 4.98 Å². The highest BCUT2D eigenvalue weighted by molar-refractivity contribution is 7.15. The van der Waals surface area contributed by atoms with Crippen LogP contribution in [0.2, 0.25) is 0 Å². The first-order valence-corrected chi connectivity index (χ1v) is 5.22. The molecule has 14 heavy (non-hydrogen) atoms. The van der Waals surface area contributed by atoms with Gasteiger partial charge in [-0.05, 0) is 13.3 Å². The van der Waals surface area contributed by atoms with Gasteiger partial charge >= 0.3 is 0 Å². The van der Waals surface area contributed by atoms with E-state index in [0.717, 1.165) is 22.6 Å². The van der Waals surface area contributed by atoms with Crippen molar-refractivity contribution in [1.82, 2.24) is 4.98 Å². The van der Waals surface area contributed by atoms with Crippen molar-refractivity contribution >= 4 is 16.5 Å². The van der Waals surface area contributed by atoms with E-state index in [0.29, 0.717) is 5.13 Å². The van der Waals surface area contributed by atoms with E-state index < -0.39 is 0 Å². The smallest absolute Gasteiger partial charge is 0.180 e. The predicted octanol–water partition coefficient (Wildman–Crippen LogP) is 2.77. The third kappa shape index (κ3) is 1.63. The molecule has 0 aliphatic carbocycles. The maximum Gasteiger partial charge on any atom is 0.180 e. The van der Waals surface area contributed by atoms with Crippen molar-refractivity contribution in [3.05, 3.63) is 42.1 Å². The Morgan fingerprint density at radius 2 is 2.00 bits per heavy atom. The number of nitrogen functional groups attached to an aromatic ring is 1. The molecule has 0 aliphatic heterocycles. The molecular formula is C11H11N2S. The summed E-state index contributed by atoms with van der Waals surface area (Å²) in [5.41, 5.74) is 7.76. The van der Waals surface area contributed by atoms with Crippen LogP contribution < -0.4 is 5.73 Å². The van der Waals surface area contributed by atoms with Gasteiger partial charge in [0.15, 0.2) is 5.13 Å². The van der Waals surface area contributed by atoms with Gasteiger partial charge in [0, 0.05) is 10.4 Å². The molecule has 2 aromatic rings. The molecule has 0 atom stereocenters. The Labute approximate surface area is 87.4 Å². The first kappa shape index (κ1) is 9.21. The third-order valence-electron chi connectivity index (χ3n) is 1.99. The van der Waals surface area contributed by atoms with Crippen molar-refractivity contribution in [2.24, 2.45) is 0 Å². The van der Waals surface area contributed by atoms with Gasteiger partial charge in [-0.3, -0.25) is 0 Å². The van der Waals surface area contributed by atoms with Crippen LogP contribution in [0.4, 0.5) is 5.13 Å². The van der Waals surface area contributed by atoms with Crippen molar-refractivity contribution in [3.8, 4) is 11.3 Å². The number of nitrogens with two attached hydrogens (primary N) is 1. The number of rotatable bonds is 2. The highest BCUT2D eigenvalue weighted by Gasteiger charge is 2.08. The Kier molecular flexibility index (Phi) is 2.50. The van der Waals surface area contributed by atoms with E-state index in [9.17, 15) is 0 Å². The molecule has 1 aromatic carbocycles. The molecule has 2 nitrogen and oxygen atoms in total. The average molecular weight is 203 g/mol. The van der Waals surface area contributed by atoms with E-state index in [1.165, 1.54) is 11.3 Å². The van der Waals surface area contributed by atoms with Gasteiger partial charge in [-0.2, -0.15) is 0 Å². The molecule has 0 saturated carbocycles. The minimum Gasteiger partial charge on any atom is -0.375 e. The molecule has 0 amide bonds. The zero-order chi connectivity index (χ0) is 9.97. The standard InChI is InChI=1S/C11H11N2S/c1-2-9-10(13-11(12)14-9)8-6-4-3-5-7-8/h3-7H,1-2H2,(H2,12,13). The van der Waals surface area contributed by atoms with Gasteiger partial charge in [-0.15, -0.1) is 11.3 Å². The molecule has 0 unspecified atom stereocenters. The summed E-state index contributed by atoms with van der Waals surface area (Å²) in [7, 11) is 0. The predicted molar refractivity (Wildman–Crippen MR) is 61.0 cm³/mol. The lowest BCUT2D eigenvalue weighted by atomic mass is 10.1. The molecular weight excluding hydrogens is 192 g/mol. The van der Waals surface area contributed by atoms with Crippen molar-refractivity contribution in [2.75, 3.05) is 5.73 Å². The van der Waals surface area contributed by atoms with E-state index >= 15 is 0 Å². The van der Waals surface area contributed by atoms with E-state index in [1.54, 1.807) is 0 Å². The van der Waals surface area contributed by atoms with E-state index in [-0.39, 0.29) is 0 Å². The van der Waals surface area contributed by atoms with Crippen LogP contribution in [0.3, 0.4) is 0 Å². The minimum absolute atomic E-state index is 0.613. The van der Waals surface area contributed by atoms with Crippen LogP contribution in [0.1, 0.15) is 4.88 Å². The van der Waals surface area contributed by atoms with E-state index in [4.69, 9.17) is 5.73 Å². The second-order valence-corrected chi connectivity index (χ2v) is 4.06. The first-order chi connectivity index (χ1) is 6.81. The van der Waals surface area contributed by atoms with Gasteiger partial charge in [0.2, 0.25) is 0 Å². The molecule has 3 heteroatoms. The zero-order valence-electron chi connectivity index (χ0n) is 7.73. The summed E-state index contributed by atoms with van der Waals surface area (Å²) < 4.78 is 0. The lowest BCUT2D eigenvalue weighted by Crippen LogP contribution is -1.84. The molecule has 1 radical (unpaired) electrons. The minimum atomic E-state index is 0.613. The summed E-state index contributed by atoms with van der Waals surface area (Å²) in [5, 5.41) is 0.613. The molecule has 0 fully saturated rings. The van der Waals surface area contributed by atoms with Crippen LogP contribution in [0, 0.1) is 6.92 Å². The molecule has 0 saturated heterocycles. The fraction of sp³-hybridized carbons (Fsp3) is 0.0909. The number of nitrogens with zero attached hydrogens (tertiary/aromatic N) is 1. The second-order valence-electron chi connectivity index (χ2n) is 2.94. The van der Waals surface area contributed by atoms with Gasteiger partial charge in [0.25, 0.3) is 0 Å². The number of thiazole rings is 1. The largest absolute Gasteiger partial charge is 0.375 e. The van der Waals surface area contributed by atoms with Crippen molar-refractivity contribution in [1.29, 1.82) is 0 Å². The van der Waals surface area contributed by atoms with Crippen LogP contribution in [-0.2, 0) is 6.42 Å². The lowest BCUT2D eigenvalue weighted by molar-refractivity contribution is 1.29. The summed E-state index contributed by atoms with van der Waals surface area (Å²) in [6.45, 7) is 3.87. The first-order valence-electron chi connectivity index (χ1n) is 4.41. The Balaban J connectivity index is 2.51. The molecule has 0 aliphatic rings. The normalized spacial score (nSPS) is 10.4. The second kappa shape index (κ2) is 3.80. The van der Waals surface area contributed by atoms with Crippen LogP contribution in [0.25, 0.3) is 11.3 Å². The fourth-order valence-corrected chi connectivity index (χ4v) is 2.11. The highest BCUT2D eigenvalue weighted by atomic mass is 32.1. The molecule has 1 aromatic heterocycles. The maximum atomic E-state index is 5.67. The molecule has 0 spiro atoms. The highest BCUT2D eigenvalue weighted by Crippen LogP contribution is 2.29. The number of hydrogen-bond donors (Lipinski definition) is 1. The average Bonchev–Trinajstić information content (AvgIpc) is 2.61. The molecule has 1 heterocycles. The molecule has 0 bridgehead atoms. The molecule has 71 valence electrons. The number of aromatic nitrogens is 1. The van der Waals surface area contributed by atoms with Gasteiger partial charge in [-0.1, -0.05) is 30.3 Å². The SMILES string of the molecule is [CH2]Cc1sc(N)nc1-c1ccccc1.